The monoisotopic (exact) mass is 352 g/mol. The molecule has 0 aromatic carbocycles. The molecule has 3 nitrogen and oxygen atoms in total. The first-order valence-electron chi connectivity index (χ1n) is 5.57. The number of hydrogen-bond acceptors (Lipinski definition) is 4. The van der Waals surface area contributed by atoms with Crippen molar-refractivity contribution in [1.29, 1.82) is 0 Å². The van der Waals surface area contributed by atoms with Crippen molar-refractivity contribution in [2.75, 3.05) is 0 Å². The molecule has 0 atom stereocenters. The minimum absolute atomic E-state index is 0.0951. The quantitative estimate of drug-likeness (QED) is 0.655. The molecule has 3 heterocycles. The lowest BCUT2D eigenvalue weighted by molar-refractivity contribution is 0.0976. The molecule has 0 saturated carbocycles. The highest BCUT2D eigenvalue weighted by Crippen LogP contribution is 2.26. The van der Waals surface area contributed by atoms with Gasteiger partial charge in [0.2, 0.25) is 0 Å². The average Bonchev–Trinajstić information content (AvgIpc) is 3.07. The second kappa shape index (κ2) is 5.40. The Morgan fingerprint density at radius 1 is 1.32 bits per heavy atom. The number of carbonyl (C=O) groups is 1. The molecule has 96 valence electrons. The molecule has 0 unspecified atom stereocenters. The van der Waals surface area contributed by atoms with Gasteiger partial charge in [0.15, 0.2) is 5.78 Å². The summed E-state index contributed by atoms with van der Waals surface area (Å²) in [5.41, 5.74) is 0. The molecule has 6 heteroatoms. The number of ketones is 1. The molecule has 0 spiro atoms. The Morgan fingerprint density at radius 2 is 2.21 bits per heavy atom. The molecule has 0 saturated heterocycles. The maximum atomic E-state index is 12.3. The highest BCUT2D eigenvalue weighted by atomic mass is 79.9. The van der Waals surface area contributed by atoms with Crippen molar-refractivity contribution in [2.45, 2.75) is 6.54 Å². The largest absolute Gasteiger partial charge is 0.322 e. The van der Waals surface area contributed by atoms with Crippen molar-refractivity contribution >= 4 is 44.4 Å². The molecule has 0 bridgehead atoms. The van der Waals surface area contributed by atoms with Crippen molar-refractivity contribution in [1.82, 2.24) is 9.55 Å². The van der Waals surface area contributed by atoms with Gasteiger partial charge in [0.05, 0.1) is 16.3 Å². The van der Waals surface area contributed by atoms with E-state index in [9.17, 15) is 4.79 Å². The van der Waals surface area contributed by atoms with Gasteiger partial charge < -0.3 is 4.57 Å². The fourth-order valence-electron chi connectivity index (χ4n) is 1.79. The smallest absolute Gasteiger partial charge is 0.193 e. The van der Waals surface area contributed by atoms with Gasteiger partial charge in [-0.15, -0.1) is 22.7 Å². The Morgan fingerprint density at radius 3 is 2.89 bits per heavy atom. The molecule has 0 aliphatic carbocycles. The Kier molecular flexibility index (Phi) is 3.63. The third-order valence-electron chi connectivity index (χ3n) is 2.64. The summed E-state index contributed by atoms with van der Waals surface area (Å²) >= 11 is 6.47. The molecule has 0 amide bonds. The van der Waals surface area contributed by atoms with Crippen LogP contribution in [0.3, 0.4) is 0 Å². The van der Waals surface area contributed by atoms with Crippen LogP contribution in [0, 0.1) is 0 Å². The van der Waals surface area contributed by atoms with E-state index in [2.05, 4.69) is 20.9 Å². The second-order valence-corrected chi connectivity index (χ2v) is 6.60. The number of aromatic nitrogens is 2. The number of Topliss-reactive ketones (excluding diaryl/α,β-unsaturated/α-hetero) is 1. The zero-order chi connectivity index (χ0) is 13.2. The summed E-state index contributed by atoms with van der Waals surface area (Å²) < 4.78 is 2.75. The van der Waals surface area contributed by atoms with Crippen LogP contribution in [0.1, 0.15) is 9.67 Å². The van der Waals surface area contributed by atoms with Gasteiger partial charge in [-0.25, -0.2) is 4.98 Å². The fraction of sp³-hybridized carbons (Fsp3) is 0.0769. The standard InChI is InChI=1S/C13H9BrN2OS2/c14-9-3-7-19-12(9)10(17)8-16-5-4-15-13(16)11-2-1-6-18-11/h1-7H,8H2. The molecular weight excluding hydrogens is 344 g/mol. The molecule has 0 radical (unpaired) electrons. The third kappa shape index (κ3) is 2.56. The van der Waals surface area contributed by atoms with Crippen LogP contribution in [0.5, 0.6) is 0 Å². The summed E-state index contributed by atoms with van der Waals surface area (Å²) in [7, 11) is 0. The number of carbonyl (C=O) groups excluding carboxylic acids is 1. The molecular formula is C13H9BrN2OS2. The first kappa shape index (κ1) is 12.8. The van der Waals surface area contributed by atoms with E-state index in [4.69, 9.17) is 0 Å². The van der Waals surface area contributed by atoms with E-state index in [0.29, 0.717) is 6.54 Å². The average molecular weight is 353 g/mol. The molecule has 3 aromatic heterocycles. The zero-order valence-electron chi connectivity index (χ0n) is 9.75. The summed E-state index contributed by atoms with van der Waals surface area (Å²) in [5, 5.41) is 3.91. The summed E-state index contributed by atoms with van der Waals surface area (Å²) in [5.74, 6) is 0.939. The SMILES string of the molecule is O=C(Cn1ccnc1-c1cccs1)c1sccc1Br. The normalized spacial score (nSPS) is 10.8. The van der Waals surface area contributed by atoms with Crippen LogP contribution < -0.4 is 0 Å². The minimum atomic E-state index is 0.0951. The van der Waals surface area contributed by atoms with E-state index in [-0.39, 0.29) is 5.78 Å². The van der Waals surface area contributed by atoms with Gasteiger partial charge in [0.1, 0.15) is 5.82 Å². The Bertz CT molecular complexity index is 700. The van der Waals surface area contributed by atoms with Crippen LogP contribution in [-0.2, 0) is 6.54 Å². The predicted octanol–water partition coefficient (Wildman–Crippen LogP) is 4.32. The van der Waals surface area contributed by atoms with Gasteiger partial charge in [-0.3, -0.25) is 4.79 Å². The van der Waals surface area contributed by atoms with Crippen molar-refractivity contribution in [2.24, 2.45) is 0 Å². The molecule has 0 N–H and O–H groups in total. The Balaban J connectivity index is 1.87. The minimum Gasteiger partial charge on any atom is -0.322 e. The van der Waals surface area contributed by atoms with Crippen molar-refractivity contribution in [3.05, 3.63) is 50.7 Å². The van der Waals surface area contributed by atoms with Gasteiger partial charge >= 0.3 is 0 Å². The van der Waals surface area contributed by atoms with Crippen molar-refractivity contribution < 1.29 is 4.79 Å². The van der Waals surface area contributed by atoms with Crippen LogP contribution in [-0.4, -0.2) is 15.3 Å². The lowest BCUT2D eigenvalue weighted by Gasteiger charge is -2.05. The number of hydrogen-bond donors (Lipinski definition) is 0. The van der Waals surface area contributed by atoms with Crippen LogP contribution >= 0.6 is 38.6 Å². The molecule has 3 rings (SSSR count). The molecule has 0 aliphatic rings. The highest BCUT2D eigenvalue weighted by molar-refractivity contribution is 9.10. The maximum absolute atomic E-state index is 12.3. The maximum Gasteiger partial charge on any atom is 0.193 e. The van der Waals surface area contributed by atoms with Gasteiger partial charge in [0, 0.05) is 16.9 Å². The fourth-order valence-corrected chi connectivity index (χ4v) is 4.05. The summed E-state index contributed by atoms with van der Waals surface area (Å²) in [6.45, 7) is 0.312. The lowest BCUT2D eigenvalue weighted by Crippen LogP contribution is -2.09. The Labute approximate surface area is 126 Å². The van der Waals surface area contributed by atoms with E-state index < -0.39 is 0 Å². The van der Waals surface area contributed by atoms with Crippen LogP contribution in [0.25, 0.3) is 10.7 Å². The molecule has 0 fully saturated rings. The first-order chi connectivity index (χ1) is 9.25. The third-order valence-corrected chi connectivity index (χ3v) is 5.39. The predicted molar refractivity (Wildman–Crippen MR) is 81.9 cm³/mol. The van der Waals surface area contributed by atoms with E-state index in [1.54, 1.807) is 17.5 Å². The second-order valence-electron chi connectivity index (χ2n) is 3.88. The Hall–Kier alpha value is -1.24. The summed E-state index contributed by atoms with van der Waals surface area (Å²) in [4.78, 5) is 18.4. The van der Waals surface area contributed by atoms with Crippen LogP contribution in [0.2, 0.25) is 0 Å². The number of rotatable bonds is 4. The van der Waals surface area contributed by atoms with E-state index >= 15 is 0 Å². The van der Waals surface area contributed by atoms with Crippen LogP contribution in [0.15, 0.2) is 45.8 Å². The zero-order valence-corrected chi connectivity index (χ0v) is 13.0. The van der Waals surface area contributed by atoms with Gasteiger partial charge in [-0.1, -0.05) is 6.07 Å². The van der Waals surface area contributed by atoms with Crippen LogP contribution in [0.4, 0.5) is 0 Å². The number of thiophene rings is 2. The van der Waals surface area contributed by atoms with E-state index in [0.717, 1.165) is 20.1 Å². The van der Waals surface area contributed by atoms with Gasteiger partial charge in [-0.2, -0.15) is 0 Å². The summed E-state index contributed by atoms with van der Waals surface area (Å²) in [6, 6.07) is 5.89. The first-order valence-corrected chi connectivity index (χ1v) is 8.12. The van der Waals surface area contributed by atoms with Crippen molar-refractivity contribution in [3.8, 4) is 10.7 Å². The molecule has 19 heavy (non-hydrogen) atoms. The van der Waals surface area contributed by atoms with Gasteiger partial charge in [0.25, 0.3) is 0 Å². The molecule has 0 aliphatic heterocycles. The van der Waals surface area contributed by atoms with E-state index in [1.165, 1.54) is 11.3 Å². The number of nitrogens with zero attached hydrogens (tertiary/aromatic N) is 2. The highest BCUT2D eigenvalue weighted by Gasteiger charge is 2.15. The summed E-state index contributed by atoms with van der Waals surface area (Å²) in [6.07, 6.45) is 3.57. The van der Waals surface area contributed by atoms with E-state index in [1.807, 2.05) is 39.7 Å². The topological polar surface area (TPSA) is 34.9 Å². The number of imidazole rings is 1. The number of halogens is 1. The van der Waals surface area contributed by atoms with Gasteiger partial charge in [-0.05, 0) is 38.8 Å². The molecule has 3 aromatic rings. The van der Waals surface area contributed by atoms with Crippen molar-refractivity contribution in [3.63, 3.8) is 0 Å². The lowest BCUT2D eigenvalue weighted by atomic mass is 10.3.